The zero-order valence-electron chi connectivity index (χ0n) is 12.7. The van der Waals surface area contributed by atoms with Crippen molar-refractivity contribution >= 4 is 11.9 Å². The van der Waals surface area contributed by atoms with Gasteiger partial charge < -0.3 is 19.7 Å². The molecule has 0 radical (unpaired) electrons. The number of hydrogen-bond donors (Lipinski definition) is 2. The highest BCUT2D eigenvalue weighted by atomic mass is 16.6. The van der Waals surface area contributed by atoms with Crippen molar-refractivity contribution in [3.05, 3.63) is 11.6 Å². The second-order valence-corrected chi connectivity index (χ2v) is 6.28. The first-order valence-electron chi connectivity index (χ1n) is 7.56. The van der Waals surface area contributed by atoms with Gasteiger partial charge in [0.25, 0.3) is 0 Å². The number of rotatable bonds is 3. The summed E-state index contributed by atoms with van der Waals surface area (Å²) < 4.78 is 10.1. The summed E-state index contributed by atoms with van der Waals surface area (Å²) in [4.78, 5) is 25.9. The number of ether oxygens (including phenoxy) is 2. The largest absolute Gasteiger partial charge is 0.459 e. The van der Waals surface area contributed by atoms with E-state index in [-0.39, 0.29) is 12.6 Å². The van der Waals surface area contributed by atoms with Crippen molar-refractivity contribution < 1.29 is 29.3 Å². The molecule has 0 aromatic carbocycles. The van der Waals surface area contributed by atoms with Gasteiger partial charge in [0.05, 0.1) is 18.1 Å². The van der Waals surface area contributed by atoms with Crippen LogP contribution in [0.4, 0.5) is 0 Å². The Kier molecular flexibility index (Phi) is 3.74. The van der Waals surface area contributed by atoms with Crippen LogP contribution < -0.4 is 0 Å². The van der Waals surface area contributed by atoms with Crippen molar-refractivity contribution in [2.45, 2.75) is 44.1 Å². The predicted octanol–water partition coefficient (Wildman–Crippen LogP) is -0.783. The summed E-state index contributed by atoms with van der Waals surface area (Å²) in [6, 6.07) is -0.112. The topological polar surface area (TPSA) is 96.3 Å². The lowest BCUT2D eigenvalue weighted by molar-refractivity contribution is -0.172. The zero-order valence-corrected chi connectivity index (χ0v) is 12.7. The molecule has 0 saturated carbocycles. The quantitative estimate of drug-likeness (QED) is 0.521. The maximum atomic E-state index is 12.3. The number of nitrogens with zero attached hydrogens (tertiary/aromatic N) is 1. The maximum Gasteiger partial charge on any atom is 0.343 e. The average Bonchev–Trinajstić information content (AvgIpc) is 3.10. The van der Waals surface area contributed by atoms with Crippen LogP contribution in [0.25, 0.3) is 0 Å². The summed E-state index contributed by atoms with van der Waals surface area (Å²) in [6.45, 7) is 4.48. The van der Waals surface area contributed by atoms with Gasteiger partial charge in [-0.2, -0.15) is 0 Å². The fraction of sp³-hybridized carbons (Fsp3) is 0.733. The van der Waals surface area contributed by atoms with E-state index in [2.05, 4.69) is 4.90 Å². The fourth-order valence-electron chi connectivity index (χ4n) is 3.53. The summed E-state index contributed by atoms with van der Waals surface area (Å²) in [6.07, 6.45) is 1.25. The molecule has 0 unspecified atom stereocenters. The van der Waals surface area contributed by atoms with Crippen molar-refractivity contribution in [3.8, 4) is 0 Å². The molecule has 2 saturated heterocycles. The molecule has 0 spiro atoms. The lowest BCUT2D eigenvalue weighted by Crippen LogP contribution is -2.50. The Morgan fingerprint density at radius 3 is 2.91 bits per heavy atom. The molecule has 3 aliphatic heterocycles. The molecule has 7 nitrogen and oxygen atoms in total. The fourth-order valence-corrected chi connectivity index (χ4v) is 3.53. The molecule has 3 heterocycles. The zero-order chi connectivity index (χ0) is 16.1. The highest BCUT2D eigenvalue weighted by Gasteiger charge is 2.58. The molecule has 3 rings (SSSR count). The molecule has 7 heteroatoms. The number of carbonyl (C=O) groups excluding carboxylic acids is 2. The Labute approximate surface area is 128 Å². The van der Waals surface area contributed by atoms with E-state index in [1.54, 1.807) is 0 Å². The molecule has 5 atom stereocenters. The summed E-state index contributed by atoms with van der Waals surface area (Å²) in [5.41, 5.74) is -1.11. The molecule has 122 valence electrons. The van der Waals surface area contributed by atoms with Gasteiger partial charge in [-0.1, -0.05) is 6.08 Å². The first-order valence-corrected chi connectivity index (χ1v) is 7.56. The van der Waals surface area contributed by atoms with Crippen molar-refractivity contribution in [1.82, 2.24) is 4.90 Å². The highest BCUT2D eigenvalue weighted by Crippen LogP contribution is 2.34. The molecule has 3 aliphatic rings. The van der Waals surface area contributed by atoms with E-state index in [0.717, 1.165) is 18.7 Å². The average molecular weight is 311 g/mol. The van der Waals surface area contributed by atoms with E-state index < -0.39 is 35.7 Å². The van der Waals surface area contributed by atoms with Crippen molar-refractivity contribution in [3.63, 3.8) is 0 Å². The third kappa shape index (κ3) is 2.15. The normalized spacial score (nSPS) is 41.3. The van der Waals surface area contributed by atoms with Crippen LogP contribution in [0.15, 0.2) is 11.6 Å². The Morgan fingerprint density at radius 2 is 2.27 bits per heavy atom. The van der Waals surface area contributed by atoms with Gasteiger partial charge in [-0.05, 0) is 25.8 Å². The summed E-state index contributed by atoms with van der Waals surface area (Å²) >= 11 is 0. The smallest absolute Gasteiger partial charge is 0.343 e. The third-order valence-electron chi connectivity index (χ3n) is 5.06. The highest BCUT2D eigenvalue weighted by molar-refractivity contribution is 5.91. The Morgan fingerprint density at radius 1 is 1.55 bits per heavy atom. The lowest BCUT2D eigenvalue weighted by atomic mass is 9.87. The van der Waals surface area contributed by atoms with Gasteiger partial charge in [-0.15, -0.1) is 0 Å². The summed E-state index contributed by atoms with van der Waals surface area (Å²) in [5.74, 6) is -2.42. The van der Waals surface area contributed by atoms with E-state index in [4.69, 9.17) is 9.47 Å². The summed E-state index contributed by atoms with van der Waals surface area (Å²) in [5, 5.41) is 20.5. The van der Waals surface area contributed by atoms with Gasteiger partial charge in [0.1, 0.15) is 12.7 Å². The molecule has 0 aromatic rings. The van der Waals surface area contributed by atoms with Crippen molar-refractivity contribution in [2.75, 3.05) is 19.7 Å². The van der Waals surface area contributed by atoms with Crippen LogP contribution in [0, 0.1) is 5.92 Å². The minimum Gasteiger partial charge on any atom is -0.459 e. The molecule has 2 N–H and O–H groups in total. The molecule has 0 bridgehead atoms. The van der Waals surface area contributed by atoms with Gasteiger partial charge in [0, 0.05) is 13.1 Å². The van der Waals surface area contributed by atoms with E-state index in [0.29, 0.717) is 6.42 Å². The molecule has 2 fully saturated rings. The molecule has 22 heavy (non-hydrogen) atoms. The van der Waals surface area contributed by atoms with Crippen LogP contribution in [-0.2, 0) is 19.1 Å². The molecular weight excluding hydrogens is 290 g/mol. The van der Waals surface area contributed by atoms with Crippen LogP contribution in [0.2, 0.25) is 0 Å². The number of fused-ring (bicyclic) bond motifs is 1. The van der Waals surface area contributed by atoms with Crippen LogP contribution in [-0.4, -0.2) is 70.6 Å². The van der Waals surface area contributed by atoms with Crippen LogP contribution >= 0.6 is 0 Å². The van der Waals surface area contributed by atoms with Crippen molar-refractivity contribution in [1.29, 1.82) is 0 Å². The Balaban J connectivity index is 1.65. The van der Waals surface area contributed by atoms with Gasteiger partial charge in [-0.25, -0.2) is 4.79 Å². The number of hydrogen-bond acceptors (Lipinski definition) is 7. The molecular formula is C15H21NO6. The van der Waals surface area contributed by atoms with Crippen molar-refractivity contribution in [2.24, 2.45) is 5.92 Å². The van der Waals surface area contributed by atoms with Gasteiger partial charge >= 0.3 is 11.9 Å². The molecule has 0 aliphatic carbocycles. The van der Waals surface area contributed by atoms with E-state index in [9.17, 15) is 19.8 Å². The number of cyclic esters (lactones) is 1. The Hall–Kier alpha value is -1.44. The summed E-state index contributed by atoms with van der Waals surface area (Å²) in [7, 11) is 0. The van der Waals surface area contributed by atoms with Crippen LogP contribution in [0.3, 0.4) is 0 Å². The molecule has 0 amide bonds. The van der Waals surface area contributed by atoms with Gasteiger partial charge in [0.2, 0.25) is 5.60 Å². The minimum absolute atomic E-state index is 0.00694. The standard InChI is InChI=1S/C15H21NO6/c1-8-13(18)22-9(2)15(8,20)14(19)21-7-10-3-5-16-6-4-11(17)12(10)16/h3,8-9,11-12,17,20H,4-7H2,1-2H3/t8-,9-,11-,12-,15+/m1/s1. The second-order valence-electron chi connectivity index (χ2n) is 6.28. The number of carbonyl (C=O) groups is 2. The minimum atomic E-state index is -1.95. The third-order valence-corrected chi connectivity index (χ3v) is 5.06. The van der Waals surface area contributed by atoms with Gasteiger partial charge in [-0.3, -0.25) is 9.69 Å². The molecule has 0 aromatic heterocycles. The first kappa shape index (κ1) is 15.5. The SMILES string of the molecule is C[C@@H]1C(=O)O[C@H](C)[C@]1(O)C(=O)OCC1=CCN2CC[C@@H](O)[C@@H]12. The first-order chi connectivity index (χ1) is 10.4. The number of aliphatic hydroxyl groups excluding tert-OH is 1. The maximum absolute atomic E-state index is 12.3. The van der Waals surface area contributed by atoms with E-state index >= 15 is 0 Å². The van der Waals surface area contributed by atoms with E-state index in [1.807, 2.05) is 6.08 Å². The lowest BCUT2D eigenvalue weighted by Gasteiger charge is -2.26. The second kappa shape index (κ2) is 5.33. The predicted molar refractivity (Wildman–Crippen MR) is 74.7 cm³/mol. The van der Waals surface area contributed by atoms with Crippen LogP contribution in [0.1, 0.15) is 20.3 Å². The number of aliphatic hydroxyl groups is 2. The monoisotopic (exact) mass is 311 g/mol. The van der Waals surface area contributed by atoms with Gasteiger partial charge in [0.15, 0.2) is 0 Å². The number of esters is 2. The Bertz CT molecular complexity index is 532. The van der Waals surface area contributed by atoms with E-state index in [1.165, 1.54) is 13.8 Å². The van der Waals surface area contributed by atoms with Crippen LogP contribution in [0.5, 0.6) is 0 Å².